The lowest BCUT2D eigenvalue weighted by Crippen LogP contribution is -2.02. The van der Waals surface area contributed by atoms with Gasteiger partial charge in [-0.3, -0.25) is 0 Å². The van der Waals surface area contributed by atoms with Crippen LogP contribution in [0.1, 0.15) is 5.56 Å². The van der Waals surface area contributed by atoms with Gasteiger partial charge in [-0.15, -0.1) is 0 Å². The average Bonchev–Trinajstić information content (AvgIpc) is 2.55. The van der Waals surface area contributed by atoms with E-state index in [1.54, 1.807) is 0 Å². The Balaban J connectivity index is 1.83. The van der Waals surface area contributed by atoms with Crippen molar-refractivity contribution in [3.63, 3.8) is 0 Å². The van der Waals surface area contributed by atoms with Crippen molar-refractivity contribution in [3.05, 3.63) is 65.4 Å². The van der Waals surface area contributed by atoms with Crippen LogP contribution >= 0.6 is 23.4 Å². The van der Waals surface area contributed by atoms with E-state index in [4.69, 9.17) is 17.3 Å². The van der Waals surface area contributed by atoms with Crippen LogP contribution in [0.5, 0.6) is 0 Å². The predicted molar refractivity (Wildman–Crippen MR) is 96.5 cm³/mol. The molecule has 0 spiro atoms. The molecule has 0 saturated carbocycles. The van der Waals surface area contributed by atoms with Crippen LogP contribution in [0, 0.1) is 6.92 Å². The topological polar surface area (TPSA) is 63.8 Å². The highest BCUT2D eigenvalue weighted by molar-refractivity contribution is 7.99. The first-order chi connectivity index (χ1) is 11.1. The highest BCUT2D eigenvalue weighted by Gasteiger charge is 2.10. The molecule has 2 aromatic carbocycles. The molecule has 3 N–H and O–H groups in total. The lowest BCUT2D eigenvalue weighted by atomic mass is 10.2. The first kappa shape index (κ1) is 15.6. The van der Waals surface area contributed by atoms with Crippen molar-refractivity contribution in [2.24, 2.45) is 0 Å². The summed E-state index contributed by atoms with van der Waals surface area (Å²) in [6.45, 7) is 2.05. The van der Waals surface area contributed by atoms with E-state index in [-0.39, 0.29) is 0 Å². The maximum Gasteiger partial charge on any atom is 0.158 e. The summed E-state index contributed by atoms with van der Waals surface area (Å²) in [6, 6.07) is 15.6. The summed E-state index contributed by atoms with van der Waals surface area (Å²) >= 11 is 7.38. The van der Waals surface area contributed by atoms with Gasteiger partial charge in [0.1, 0.15) is 17.0 Å². The number of rotatable bonds is 4. The highest BCUT2D eigenvalue weighted by atomic mass is 35.5. The smallest absolute Gasteiger partial charge is 0.158 e. The van der Waals surface area contributed by atoms with Gasteiger partial charge in [-0.25, -0.2) is 9.97 Å². The fourth-order valence-corrected chi connectivity index (χ4v) is 2.88. The summed E-state index contributed by atoms with van der Waals surface area (Å²) in [5.74, 6) is 0.598. The molecule has 116 valence electrons. The summed E-state index contributed by atoms with van der Waals surface area (Å²) < 4.78 is 0. The number of nitrogens with zero attached hydrogens (tertiary/aromatic N) is 2. The Morgan fingerprint density at radius 3 is 2.39 bits per heavy atom. The predicted octanol–water partition coefficient (Wildman–Crippen LogP) is 4.92. The molecule has 0 aliphatic rings. The molecule has 4 nitrogen and oxygen atoms in total. The Hall–Kier alpha value is -2.24. The SMILES string of the molecule is Cc1ccc(Nc2ncnc(Sc3ccc(Cl)cc3)c2N)cc1. The van der Waals surface area contributed by atoms with Gasteiger partial charge in [0.15, 0.2) is 5.82 Å². The second kappa shape index (κ2) is 6.89. The number of nitrogens with one attached hydrogen (secondary N) is 1. The van der Waals surface area contributed by atoms with Gasteiger partial charge in [-0.2, -0.15) is 0 Å². The summed E-state index contributed by atoms with van der Waals surface area (Å²) in [5, 5.41) is 4.63. The number of nitrogen functional groups attached to an aromatic ring is 1. The van der Waals surface area contributed by atoms with E-state index < -0.39 is 0 Å². The molecule has 0 saturated heterocycles. The van der Waals surface area contributed by atoms with Crippen molar-refractivity contribution in [1.82, 2.24) is 9.97 Å². The molecule has 0 fully saturated rings. The van der Waals surface area contributed by atoms with Gasteiger partial charge in [-0.1, -0.05) is 41.1 Å². The summed E-state index contributed by atoms with van der Waals surface area (Å²) in [6.07, 6.45) is 1.51. The van der Waals surface area contributed by atoms with E-state index in [0.29, 0.717) is 21.6 Å². The minimum absolute atomic E-state index is 0.521. The van der Waals surface area contributed by atoms with Crippen LogP contribution in [-0.2, 0) is 0 Å². The monoisotopic (exact) mass is 342 g/mol. The zero-order valence-corrected chi connectivity index (χ0v) is 14.0. The van der Waals surface area contributed by atoms with Crippen molar-refractivity contribution in [3.8, 4) is 0 Å². The number of halogens is 1. The third-order valence-electron chi connectivity index (χ3n) is 3.19. The van der Waals surface area contributed by atoms with Crippen LogP contribution in [0.15, 0.2) is 64.8 Å². The molecule has 0 aliphatic carbocycles. The fraction of sp³-hybridized carbons (Fsp3) is 0.0588. The Labute approximate surface area is 144 Å². The molecule has 0 amide bonds. The number of benzene rings is 2. The van der Waals surface area contributed by atoms with Crippen molar-refractivity contribution in [1.29, 1.82) is 0 Å². The van der Waals surface area contributed by atoms with Gasteiger partial charge in [0.2, 0.25) is 0 Å². The van der Waals surface area contributed by atoms with Gasteiger partial charge in [-0.05, 0) is 43.3 Å². The first-order valence-electron chi connectivity index (χ1n) is 6.99. The van der Waals surface area contributed by atoms with E-state index >= 15 is 0 Å². The van der Waals surface area contributed by atoms with Crippen molar-refractivity contribution in [2.45, 2.75) is 16.8 Å². The number of anilines is 3. The standard InChI is InChI=1S/C17H15ClN4S/c1-11-2-6-13(7-3-11)22-16-15(19)17(21-10-20-16)23-14-8-4-12(18)5-9-14/h2-10H,19H2,1H3,(H,20,21,22). The molecular formula is C17H15ClN4S. The molecule has 3 aromatic rings. The van der Waals surface area contributed by atoms with Gasteiger partial charge in [0.05, 0.1) is 0 Å². The fourth-order valence-electron chi connectivity index (χ4n) is 1.95. The minimum Gasteiger partial charge on any atom is -0.394 e. The average molecular weight is 343 g/mol. The summed E-state index contributed by atoms with van der Waals surface area (Å²) in [4.78, 5) is 9.51. The molecule has 6 heteroatoms. The van der Waals surface area contributed by atoms with E-state index in [9.17, 15) is 0 Å². The zero-order valence-electron chi connectivity index (χ0n) is 12.5. The summed E-state index contributed by atoms with van der Waals surface area (Å²) in [5.41, 5.74) is 8.86. The second-order valence-electron chi connectivity index (χ2n) is 4.99. The van der Waals surface area contributed by atoms with E-state index in [2.05, 4.69) is 15.3 Å². The van der Waals surface area contributed by atoms with Crippen LogP contribution in [0.25, 0.3) is 0 Å². The van der Waals surface area contributed by atoms with Crippen LogP contribution in [-0.4, -0.2) is 9.97 Å². The van der Waals surface area contributed by atoms with Crippen LogP contribution in [0.3, 0.4) is 0 Å². The van der Waals surface area contributed by atoms with E-state index in [0.717, 1.165) is 10.6 Å². The highest BCUT2D eigenvalue weighted by Crippen LogP contribution is 2.34. The largest absolute Gasteiger partial charge is 0.394 e. The third kappa shape index (κ3) is 3.94. The molecule has 0 unspecified atom stereocenters. The number of aryl methyl sites for hydroxylation is 1. The molecule has 0 aliphatic heterocycles. The summed E-state index contributed by atoms with van der Waals surface area (Å²) in [7, 11) is 0. The van der Waals surface area contributed by atoms with Gasteiger partial charge < -0.3 is 11.1 Å². The quantitative estimate of drug-likeness (QED) is 0.659. The lowest BCUT2D eigenvalue weighted by Gasteiger charge is -2.11. The van der Waals surface area contributed by atoms with E-state index in [1.165, 1.54) is 23.7 Å². The number of nitrogens with two attached hydrogens (primary N) is 1. The molecule has 1 heterocycles. The van der Waals surface area contributed by atoms with Crippen LogP contribution in [0.2, 0.25) is 5.02 Å². The van der Waals surface area contributed by atoms with Crippen molar-refractivity contribution < 1.29 is 0 Å². The number of aromatic nitrogens is 2. The third-order valence-corrected chi connectivity index (χ3v) is 4.47. The zero-order chi connectivity index (χ0) is 16.2. The maximum atomic E-state index is 6.20. The molecule has 0 atom stereocenters. The van der Waals surface area contributed by atoms with Crippen molar-refractivity contribution >= 4 is 40.6 Å². The second-order valence-corrected chi connectivity index (χ2v) is 6.49. The molecule has 0 radical (unpaired) electrons. The van der Waals surface area contributed by atoms with Gasteiger partial charge in [0.25, 0.3) is 0 Å². The Morgan fingerprint density at radius 2 is 1.70 bits per heavy atom. The molecule has 1 aromatic heterocycles. The van der Waals surface area contributed by atoms with Crippen molar-refractivity contribution in [2.75, 3.05) is 11.1 Å². The molecule has 0 bridgehead atoms. The van der Waals surface area contributed by atoms with Gasteiger partial charge in [0, 0.05) is 15.6 Å². The maximum absolute atomic E-state index is 6.20. The Bertz CT molecular complexity index is 738. The Morgan fingerprint density at radius 1 is 1.00 bits per heavy atom. The number of hydrogen-bond acceptors (Lipinski definition) is 5. The van der Waals surface area contributed by atoms with Gasteiger partial charge >= 0.3 is 0 Å². The van der Waals surface area contributed by atoms with E-state index in [1.807, 2.05) is 55.5 Å². The molecule has 23 heavy (non-hydrogen) atoms. The van der Waals surface area contributed by atoms with Crippen LogP contribution < -0.4 is 11.1 Å². The Kier molecular flexibility index (Phi) is 4.69. The normalized spacial score (nSPS) is 10.5. The minimum atomic E-state index is 0.521. The first-order valence-corrected chi connectivity index (χ1v) is 8.19. The molecule has 3 rings (SSSR count). The van der Waals surface area contributed by atoms with Crippen LogP contribution in [0.4, 0.5) is 17.2 Å². The lowest BCUT2D eigenvalue weighted by molar-refractivity contribution is 1.06. The molecular weight excluding hydrogens is 328 g/mol. The number of hydrogen-bond donors (Lipinski definition) is 2.